The van der Waals surface area contributed by atoms with Gasteiger partial charge in [-0.3, -0.25) is 9.59 Å². The third kappa shape index (κ3) is 6.51. The second-order valence-electron chi connectivity index (χ2n) is 10.4. The second-order valence-corrected chi connectivity index (χ2v) is 10.4. The van der Waals surface area contributed by atoms with Crippen LogP contribution in [0.4, 0.5) is 4.79 Å². The Bertz CT molecular complexity index is 1300. The summed E-state index contributed by atoms with van der Waals surface area (Å²) in [5.41, 5.74) is 5.52. The van der Waals surface area contributed by atoms with E-state index in [2.05, 4.69) is 17.4 Å². The fourth-order valence-electron chi connectivity index (χ4n) is 5.61. The van der Waals surface area contributed by atoms with E-state index in [9.17, 15) is 19.5 Å². The van der Waals surface area contributed by atoms with E-state index in [4.69, 9.17) is 9.47 Å². The van der Waals surface area contributed by atoms with Crippen LogP contribution in [0.2, 0.25) is 0 Å². The van der Waals surface area contributed by atoms with Gasteiger partial charge >= 0.3 is 12.1 Å². The summed E-state index contributed by atoms with van der Waals surface area (Å²) in [5.74, 6) is -1.25. The lowest BCUT2D eigenvalue weighted by atomic mass is 9.98. The average molecular weight is 543 g/mol. The normalized spacial score (nSPS) is 16.7. The van der Waals surface area contributed by atoms with E-state index in [1.807, 2.05) is 66.7 Å². The molecule has 5 rings (SSSR count). The van der Waals surface area contributed by atoms with E-state index in [0.29, 0.717) is 26.3 Å². The molecule has 0 saturated carbocycles. The molecule has 0 aromatic heterocycles. The van der Waals surface area contributed by atoms with Gasteiger partial charge in [0.25, 0.3) is 0 Å². The minimum Gasteiger partial charge on any atom is -0.481 e. The van der Waals surface area contributed by atoms with Crippen LogP contribution in [0, 0.1) is 5.92 Å². The van der Waals surface area contributed by atoms with Crippen LogP contribution in [0.1, 0.15) is 41.9 Å². The molecule has 8 heteroatoms. The summed E-state index contributed by atoms with van der Waals surface area (Å²) in [6.07, 6.45) is -0.189. The topological polar surface area (TPSA) is 105 Å². The number of aliphatic carboxylic acids is 1. The molecule has 1 saturated heterocycles. The molecule has 0 radical (unpaired) electrons. The van der Waals surface area contributed by atoms with Gasteiger partial charge in [0, 0.05) is 31.3 Å². The molecular formula is C32H34N2O6. The fourth-order valence-corrected chi connectivity index (χ4v) is 5.61. The molecule has 0 spiro atoms. The van der Waals surface area contributed by atoms with Crippen LogP contribution >= 0.6 is 0 Å². The highest BCUT2D eigenvalue weighted by molar-refractivity contribution is 5.86. The number of carboxylic acids is 1. The summed E-state index contributed by atoms with van der Waals surface area (Å²) in [7, 11) is 0. The lowest BCUT2D eigenvalue weighted by Crippen LogP contribution is -2.48. The van der Waals surface area contributed by atoms with Crippen molar-refractivity contribution in [3.05, 3.63) is 95.6 Å². The number of nitrogens with zero attached hydrogens (tertiary/aromatic N) is 1. The molecule has 3 aromatic rings. The number of likely N-dealkylation sites (tertiary alicyclic amines) is 1. The summed E-state index contributed by atoms with van der Waals surface area (Å²) in [5, 5.41) is 11.9. The summed E-state index contributed by atoms with van der Waals surface area (Å²) < 4.78 is 11.5. The van der Waals surface area contributed by atoms with Gasteiger partial charge in [-0.15, -0.1) is 0 Å². The van der Waals surface area contributed by atoms with Gasteiger partial charge in [0.05, 0.1) is 13.2 Å². The van der Waals surface area contributed by atoms with Gasteiger partial charge in [0.1, 0.15) is 12.6 Å². The Labute approximate surface area is 233 Å². The standard InChI is InChI=1S/C32H34N2O6/c35-30(36)15-14-29(31(37)34-17-16-23(18-34)20-39-19-22-8-2-1-3-9-22)33-32(38)40-21-28-26-12-6-4-10-24(26)25-11-5-7-13-27(25)28/h1-13,23,28-29H,14-21H2,(H,33,38)(H,35,36). The molecule has 3 aromatic carbocycles. The molecule has 2 amide bonds. The number of carbonyl (C=O) groups excluding carboxylic acids is 2. The average Bonchev–Trinajstić information content (AvgIpc) is 3.57. The largest absolute Gasteiger partial charge is 0.481 e. The SMILES string of the molecule is O=C(O)CCC(NC(=O)OCC1c2ccccc2-c2ccccc21)C(=O)N1CCC(COCc2ccccc2)C1. The number of hydrogen-bond acceptors (Lipinski definition) is 5. The highest BCUT2D eigenvalue weighted by atomic mass is 16.5. The van der Waals surface area contributed by atoms with Crippen molar-refractivity contribution in [1.82, 2.24) is 10.2 Å². The Balaban J connectivity index is 1.16. The number of hydrogen-bond donors (Lipinski definition) is 2. The molecule has 1 aliphatic heterocycles. The molecule has 1 fully saturated rings. The third-order valence-electron chi connectivity index (χ3n) is 7.64. The number of nitrogens with one attached hydrogen (secondary N) is 1. The zero-order valence-corrected chi connectivity index (χ0v) is 22.3. The number of amides is 2. The van der Waals surface area contributed by atoms with E-state index in [-0.39, 0.29) is 37.2 Å². The molecule has 0 bridgehead atoms. The van der Waals surface area contributed by atoms with Gasteiger partial charge in [0.15, 0.2) is 0 Å². The van der Waals surface area contributed by atoms with E-state index in [1.165, 1.54) is 0 Å². The number of ether oxygens (including phenoxy) is 2. The fraction of sp³-hybridized carbons (Fsp3) is 0.344. The first-order valence-electron chi connectivity index (χ1n) is 13.7. The van der Waals surface area contributed by atoms with Crippen molar-refractivity contribution in [2.45, 2.75) is 37.8 Å². The first kappa shape index (κ1) is 27.4. The monoisotopic (exact) mass is 542 g/mol. The van der Waals surface area contributed by atoms with Gasteiger partial charge in [-0.05, 0) is 40.7 Å². The first-order valence-corrected chi connectivity index (χ1v) is 13.7. The van der Waals surface area contributed by atoms with Crippen LogP contribution in [0.25, 0.3) is 11.1 Å². The molecule has 2 atom stereocenters. The van der Waals surface area contributed by atoms with Gasteiger partial charge in [-0.25, -0.2) is 4.79 Å². The van der Waals surface area contributed by atoms with Crippen LogP contribution in [0.15, 0.2) is 78.9 Å². The predicted molar refractivity (Wildman–Crippen MR) is 150 cm³/mol. The van der Waals surface area contributed by atoms with Crippen molar-refractivity contribution < 1.29 is 29.0 Å². The molecule has 1 aliphatic carbocycles. The summed E-state index contributed by atoms with van der Waals surface area (Å²) >= 11 is 0. The van der Waals surface area contributed by atoms with Crippen molar-refractivity contribution in [2.75, 3.05) is 26.3 Å². The molecule has 40 heavy (non-hydrogen) atoms. The maximum atomic E-state index is 13.3. The quantitative estimate of drug-likeness (QED) is 0.360. The highest BCUT2D eigenvalue weighted by Gasteiger charge is 2.33. The number of benzene rings is 3. The van der Waals surface area contributed by atoms with Crippen molar-refractivity contribution in [3.8, 4) is 11.1 Å². The Morgan fingerprint density at radius 3 is 2.23 bits per heavy atom. The van der Waals surface area contributed by atoms with E-state index in [0.717, 1.165) is 34.2 Å². The zero-order chi connectivity index (χ0) is 27.9. The first-order chi connectivity index (χ1) is 19.5. The summed E-state index contributed by atoms with van der Waals surface area (Å²) in [6, 6.07) is 25.0. The minimum atomic E-state index is -1.03. The van der Waals surface area contributed by atoms with Gasteiger partial charge in [-0.2, -0.15) is 0 Å². The Morgan fingerprint density at radius 1 is 0.900 bits per heavy atom. The van der Waals surface area contributed by atoms with Crippen LogP contribution in [-0.2, 0) is 25.7 Å². The lowest BCUT2D eigenvalue weighted by Gasteiger charge is -2.24. The number of alkyl carbamates (subject to hydrolysis) is 1. The third-order valence-corrected chi connectivity index (χ3v) is 7.64. The van der Waals surface area contributed by atoms with Crippen LogP contribution in [0.3, 0.4) is 0 Å². The molecule has 2 N–H and O–H groups in total. The number of carboxylic acid groups (broad SMARTS) is 1. The summed E-state index contributed by atoms with van der Waals surface area (Å²) in [4.78, 5) is 39.2. The van der Waals surface area contributed by atoms with E-state index < -0.39 is 18.1 Å². The lowest BCUT2D eigenvalue weighted by molar-refractivity contribution is -0.137. The van der Waals surface area contributed by atoms with Gasteiger partial charge in [0.2, 0.25) is 5.91 Å². The van der Waals surface area contributed by atoms with Crippen LogP contribution in [0.5, 0.6) is 0 Å². The Hall–Kier alpha value is -4.17. The molecule has 8 nitrogen and oxygen atoms in total. The number of rotatable bonds is 11. The van der Waals surface area contributed by atoms with Gasteiger partial charge in [-0.1, -0.05) is 78.9 Å². The molecule has 2 unspecified atom stereocenters. The molecule has 208 valence electrons. The highest BCUT2D eigenvalue weighted by Crippen LogP contribution is 2.44. The predicted octanol–water partition coefficient (Wildman–Crippen LogP) is 4.82. The summed E-state index contributed by atoms with van der Waals surface area (Å²) in [6.45, 7) is 2.19. The van der Waals surface area contributed by atoms with Crippen molar-refractivity contribution in [2.24, 2.45) is 5.92 Å². The zero-order valence-electron chi connectivity index (χ0n) is 22.3. The maximum absolute atomic E-state index is 13.3. The van der Waals surface area contributed by atoms with Crippen molar-refractivity contribution in [3.63, 3.8) is 0 Å². The molecule has 2 aliphatic rings. The van der Waals surface area contributed by atoms with Crippen LogP contribution in [-0.4, -0.2) is 60.3 Å². The van der Waals surface area contributed by atoms with Crippen molar-refractivity contribution in [1.29, 1.82) is 0 Å². The number of fused-ring (bicyclic) bond motifs is 3. The second kappa shape index (κ2) is 12.8. The van der Waals surface area contributed by atoms with Crippen LogP contribution < -0.4 is 5.32 Å². The van der Waals surface area contributed by atoms with Gasteiger partial charge < -0.3 is 24.8 Å². The minimum absolute atomic E-state index is 0.00989. The Kier molecular flexibility index (Phi) is 8.76. The van der Waals surface area contributed by atoms with E-state index in [1.54, 1.807) is 4.90 Å². The molecular weight excluding hydrogens is 508 g/mol. The van der Waals surface area contributed by atoms with Crippen molar-refractivity contribution >= 4 is 18.0 Å². The van der Waals surface area contributed by atoms with E-state index >= 15 is 0 Å². The smallest absolute Gasteiger partial charge is 0.407 e. The molecule has 1 heterocycles. The number of carbonyl (C=O) groups is 3. The Morgan fingerprint density at radius 2 is 1.55 bits per heavy atom. The maximum Gasteiger partial charge on any atom is 0.407 e.